The summed E-state index contributed by atoms with van der Waals surface area (Å²) in [5.41, 5.74) is 3.22. The average Bonchev–Trinajstić information content (AvgIpc) is 3.80. The number of benzene rings is 3. The molecule has 0 radical (unpaired) electrons. The molecule has 3 aromatic carbocycles. The predicted molar refractivity (Wildman–Crippen MR) is 185 cm³/mol. The lowest BCUT2D eigenvalue weighted by molar-refractivity contribution is -0.137. The number of hydrogen-bond donors (Lipinski definition) is 2. The minimum absolute atomic E-state index is 0.136. The van der Waals surface area contributed by atoms with Crippen LogP contribution in [0, 0.1) is 24.3 Å². The topological polar surface area (TPSA) is 134 Å². The SMILES string of the molecule is [C-]#[N+]c1ccc(NC(=O)C(C)(C)n2cc(C#CC3CN(c4ccc5oc6c(c5c4)CN(C4CCC(=O)NC4=O)C6=O)C3)cn2)c2ccccc12. The normalized spacial score (nSPS) is 17.6. The molecule has 1 unspecified atom stereocenters. The number of rotatable bonds is 5. The minimum Gasteiger partial charge on any atom is -0.451 e. The van der Waals surface area contributed by atoms with E-state index in [-0.39, 0.29) is 42.4 Å². The number of hydrogen-bond acceptors (Lipinski definition) is 7. The molecule has 3 aliphatic heterocycles. The molecular weight excluding hydrogens is 634 g/mol. The van der Waals surface area contributed by atoms with Crippen LogP contribution in [-0.4, -0.2) is 57.4 Å². The Morgan fingerprint density at radius 1 is 1.08 bits per heavy atom. The molecule has 2 aromatic heterocycles. The molecule has 1 atom stereocenters. The van der Waals surface area contributed by atoms with Crippen LogP contribution in [0.4, 0.5) is 17.1 Å². The third-order valence-corrected chi connectivity index (χ3v) is 9.79. The van der Waals surface area contributed by atoms with Crippen molar-refractivity contribution in [2.45, 2.75) is 44.8 Å². The van der Waals surface area contributed by atoms with Crippen molar-refractivity contribution in [3.8, 4) is 11.8 Å². The smallest absolute Gasteiger partial charge is 0.290 e. The zero-order chi connectivity index (χ0) is 34.7. The molecule has 248 valence electrons. The molecule has 12 heteroatoms. The fraction of sp³-hybridized carbons (Fsp3) is 0.263. The highest BCUT2D eigenvalue weighted by Gasteiger charge is 2.42. The van der Waals surface area contributed by atoms with Gasteiger partial charge in [0.15, 0.2) is 11.4 Å². The van der Waals surface area contributed by atoms with Crippen molar-refractivity contribution in [1.29, 1.82) is 0 Å². The molecule has 8 rings (SSSR count). The number of imide groups is 1. The zero-order valence-corrected chi connectivity index (χ0v) is 27.3. The summed E-state index contributed by atoms with van der Waals surface area (Å²) in [5.74, 6) is 5.57. The van der Waals surface area contributed by atoms with Crippen molar-refractivity contribution in [3.63, 3.8) is 0 Å². The largest absolute Gasteiger partial charge is 0.451 e. The van der Waals surface area contributed by atoms with Crippen LogP contribution >= 0.6 is 0 Å². The van der Waals surface area contributed by atoms with Crippen LogP contribution in [0.2, 0.25) is 0 Å². The van der Waals surface area contributed by atoms with E-state index in [0.29, 0.717) is 28.9 Å². The van der Waals surface area contributed by atoms with E-state index in [0.717, 1.165) is 40.5 Å². The summed E-state index contributed by atoms with van der Waals surface area (Å²) >= 11 is 0. The zero-order valence-electron chi connectivity index (χ0n) is 27.3. The van der Waals surface area contributed by atoms with E-state index in [1.165, 1.54) is 4.90 Å². The van der Waals surface area contributed by atoms with Gasteiger partial charge >= 0.3 is 0 Å². The lowest BCUT2D eigenvalue weighted by Gasteiger charge is -2.38. The molecule has 5 heterocycles. The van der Waals surface area contributed by atoms with Crippen molar-refractivity contribution in [3.05, 3.63) is 95.3 Å². The second-order valence-corrected chi connectivity index (χ2v) is 13.3. The highest BCUT2D eigenvalue weighted by atomic mass is 16.3. The maximum Gasteiger partial charge on any atom is 0.290 e. The summed E-state index contributed by atoms with van der Waals surface area (Å²) in [4.78, 5) is 57.9. The maximum absolute atomic E-state index is 13.5. The van der Waals surface area contributed by atoms with Gasteiger partial charge in [0.1, 0.15) is 17.2 Å². The Bertz CT molecular complexity index is 2380. The Hall–Kier alpha value is -6.40. The third-order valence-electron chi connectivity index (χ3n) is 9.79. The van der Waals surface area contributed by atoms with Gasteiger partial charge in [-0.05, 0) is 55.3 Å². The molecule has 0 aliphatic carbocycles. The van der Waals surface area contributed by atoms with Crippen LogP contribution in [0.3, 0.4) is 0 Å². The van der Waals surface area contributed by atoms with Gasteiger partial charge in [-0.3, -0.25) is 29.2 Å². The van der Waals surface area contributed by atoms with Crippen LogP contribution < -0.4 is 15.5 Å². The van der Waals surface area contributed by atoms with Gasteiger partial charge in [-0.2, -0.15) is 5.10 Å². The van der Waals surface area contributed by atoms with Gasteiger partial charge in [0.05, 0.1) is 30.8 Å². The van der Waals surface area contributed by atoms with Crippen molar-refractivity contribution >= 4 is 62.4 Å². The second-order valence-electron chi connectivity index (χ2n) is 13.3. The number of amides is 4. The number of piperidine rings is 1. The number of nitrogens with zero attached hydrogens (tertiary/aromatic N) is 5. The lowest BCUT2D eigenvalue weighted by atomic mass is 9.99. The molecule has 0 saturated carbocycles. The lowest BCUT2D eigenvalue weighted by Crippen LogP contribution is -2.52. The first-order valence-corrected chi connectivity index (χ1v) is 16.3. The number of furan rings is 1. The Kier molecular flexibility index (Phi) is 7.19. The fourth-order valence-corrected chi connectivity index (χ4v) is 6.80. The molecular formula is C38H31N7O5. The van der Waals surface area contributed by atoms with Crippen molar-refractivity contribution in [1.82, 2.24) is 20.0 Å². The highest BCUT2D eigenvalue weighted by Crippen LogP contribution is 2.38. The van der Waals surface area contributed by atoms with Gasteiger partial charge in [0.25, 0.3) is 11.8 Å². The molecule has 5 aromatic rings. The van der Waals surface area contributed by atoms with E-state index in [1.54, 1.807) is 43.1 Å². The van der Waals surface area contributed by atoms with E-state index < -0.39 is 17.5 Å². The van der Waals surface area contributed by atoms with Crippen LogP contribution in [0.25, 0.3) is 26.6 Å². The van der Waals surface area contributed by atoms with Crippen LogP contribution in [-0.2, 0) is 26.5 Å². The summed E-state index contributed by atoms with van der Waals surface area (Å²) in [6.07, 6.45) is 3.93. The first-order chi connectivity index (χ1) is 24.1. The monoisotopic (exact) mass is 665 g/mol. The van der Waals surface area contributed by atoms with Crippen molar-refractivity contribution < 1.29 is 23.6 Å². The Labute approximate surface area is 286 Å². The van der Waals surface area contributed by atoms with E-state index in [1.807, 2.05) is 42.5 Å². The number of nitrogens with one attached hydrogen (secondary N) is 2. The summed E-state index contributed by atoms with van der Waals surface area (Å²) < 4.78 is 7.53. The fourth-order valence-electron chi connectivity index (χ4n) is 6.80. The number of anilines is 2. The van der Waals surface area contributed by atoms with Gasteiger partial charge in [-0.25, -0.2) is 4.85 Å². The quantitative estimate of drug-likeness (QED) is 0.154. The highest BCUT2D eigenvalue weighted by molar-refractivity contribution is 6.09. The second kappa shape index (κ2) is 11.6. The molecule has 2 N–H and O–H groups in total. The summed E-state index contributed by atoms with van der Waals surface area (Å²) in [6, 6.07) is 16.1. The van der Waals surface area contributed by atoms with Gasteiger partial charge in [0, 0.05) is 48.0 Å². The van der Waals surface area contributed by atoms with Gasteiger partial charge in [-0.1, -0.05) is 42.2 Å². The average molecular weight is 666 g/mol. The standard InChI is InChI=1S/C38H31N7O5/c1-38(2,37(49)41-30-12-11-29(39-3)25-6-4-5-7-26(25)30)45-20-22(17-40-45)8-9-23-18-43(19-23)24-10-14-32-27(16-24)28-21-44(36(48)34(28)50-32)31-13-15-33(46)42-35(31)47/h4-7,10-12,14,16-17,20,23,31H,13,15,18-19,21H2,1-2H3,(H,41,49)(H,42,46,47). The van der Waals surface area contributed by atoms with Crippen LogP contribution in [0.5, 0.6) is 0 Å². The van der Waals surface area contributed by atoms with Gasteiger partial charge < -0.3 is 19.5 Å². The van der Waals surface area contributed by atoms with Crippen molar-refractivity contribution in [2.24, 2.45) is 5.92 Å². The van der Waals surface area contributed by atoms with E-state index in [4.69, 9.17) is 11.0 Å². The Morgan fingerprint density at radius 2 is 1.88 bits per heavy atom. The number of carbonyl (C=O) groups excluding carboxylic acids is 4. The number of carbonyl (C=O) groups is 4. The molecule has 4 amide bonds. The molecule has 12 nitrogen and oxygen atoms in total. The minimum atomic E-state index is -1.01. The van der Waals surface area contributed by atoms with E-state index >= 15 is 0 Å². The van der Waals surface area contributed by atoms with Gasteiger partial charge in [-0.15, -0.1) is 0 Å². The molecule has 2 fully saturated rings. The Morgan fingerprint density at radius 3 is 2.66 bits per heavy atom. The molecule has 50 heavy (non-hydrogen) atoms. The van der Waals surface area contributed by atoms with Crippen LogP contribution in [0.15, 0.2) is 71.4 Å². The third kappa shape index (κ3) is 5.13. The number of aromatic nitrogens is 2. The van der Waals surface area contributed by atoms with Crippen molar-refractivity contribution in [2.75, 3.05) is 23.3 Å². The molecule has 2 saturated heterocycles. The predicted octanol–water partition coefficient (Wildman–Crippen LogP) is 4.96. The van der Waals surface area contributed by atoms with Gasteiger partial charge in [0.2, 0.25) is 11.8 Å². The summed E-state index contributed by atoms with van der Waals surface area (Å²) in [5, 5.41) is 12.2. The molecule has 0 spiro atoms. The summed E-state index contributed by atoms with van der Waals surface area (Å²) in [6.45, 7) is 12.7. The maximum atomic E-state index is 13.5. The van der Waals surface area contributed by atoms with Crippen LogP contribution in [0.1, 0.15) is 48.4 Å². The van der Waals surface area contributed by atoms with E-state index in [9.17, 15) is 19.2 Å². The molecule has 3 aliphatic rings. The molecule has 0 bridgehead atoms. The first kappa shape index (κ1) is 30.9. The van der Waals surface area contributed by atoms with E-state index in [2.05, 4.69) is 37.3 Å². The summed E-state index contributed by atoms with van der Waals surface area (Å²) in [7, 11) is 0. The first-order valence-electron chi connectivity index (χ1n) is 16.3. The Balaban J connectivity index is 0.917. The number of fused-ring (bicyclic) bond motifs is 4.